The van der Waals surface area contributed by atoms with Crippen molar-refractivity contribution in [2.45, 2.75) is 123 Å². The van der Waals surface area contributed by atoms with Gasteiger partial charge in [-0.15, -0.1) is 0 Å². The molecule has 0 bridgehead atoms. The zero-order valence-corrected chi connectivity index (χ0v) is 19.6. The number of hydrogen-bond acceptors (Lipinski definition) is 7. The fourth-order valence-electron chi connectivity index (χ4n) is 4.89. The van der Waals surface area contributed by atoms with Crippen molar-refractivity contribution in [2.75, 3.05) is 13.2 Å². The van der Waals surface area contributed by atoms with E-state index < -0.39 is 43.4 Å². The van der Waals surface area contributed by atoms with Crippen LogP contribution in [0.25, 0.3) is 0 Å². The van der Waals surface area contributed by atoms with Gasteiger partial charge >= 0.3 is 0 Å². The maximum Gasteiger partial charge on any atom is 0.186 e. The molecule has 0 aromatic heterocycles. The molecule has 0 aliphatic carbocycles. The van der Waals surface area contributed by atoms with E-state index in [-0.39, 0.29) is 17.4 Å². The van der Waals surface area contributed by atoms with Gasteiger partial charge in [-0.05, 0) is 36.5 Å². The van der Waals surface area contributed by atoms with E-state index in [2.05, 4.69) is 34.6 Å². The normalized spacial score (nSPS) is 30.8. The van der Waals surface area contributed by atoms with Crippen molar-refractivity contribution in [2.24, 2.45) is 10.8 Å². The van der Waals surface area contributed by atoms with Crippen LogP contribution in [0.2, 0.25) is 0 Å². The van der Waals surface area contributed by atoms with Gasteiger partial charge in [0.15, 0.2) is 6.29 Å². The predicted octanol–water partition coefficient (Wildman–Crippen LogP) is 2.36. The quantitative estimate of drug-likeness (QED) is 0.285. The molecule has 0 radical (unpaired) electrons. The first-order valence-electron chi connectivity index (χ1n) is 11.7. The SMILES string of the molecule is CCCC(C)(CC)CC(CC)(CC)CC(O)CCOC1OC(CO)C(O)C(O)C1O. The molecule has 7 atom stereocenters. The van der Waals surface area contributed by atoms with Gasteiger partial charge in [-0.3, -0.25) is 0 Å². The summed E-state index contributed by atoms with van der Waals surface area (Å²) in [5.74, 6) is 0. The van der Waals surface area contributed by atoms with E-state index >= 15 is 0 Å². The Morgan fingerprint density at radius 1 is 0.967 bits per heavy atom. The van der Waals surface area contributed by atoms with Gasteiger partial charge in [-0.1, -0.05) is 60.3 Å². The second kappa shape index (κ2) is 12.7. The Morgan fingerprint density at radius 2 is 1.60 bits per heavy atom. The first-order valence-corrected chi connectivity index (χ1v) is 11.7. The molecular weight excluding hydrogens is 388 g/mol. The molecule has 7 heteroatoms. The summed E-state index contributed by atoms with van der Waals surface area (Å²) < 4.78 is 10.9. The third kappa shape index (κ3) is 7.40. The van der Waals surface area contributed by atoms with Crippen molar-refractivity contribution in [3.05, 3.63) is 0 Å². The van der Waals surface area contributed by atoms with E-state index in [4.69, 9.17) is 9.47 Å². The molecule has 1 heterocycles. The topological polar surface area (TPSA) is 120 Å². The Bertz CT molecular complexity index is 468. The summed E-state index contributed by atoms with van der Waals surface area (Å²) in [5.41, 5.74) is 0.343. The van der Waals surface area contributed by atoms with Gasteiger partial charge in [0.05, 0.1) is 19.3 Å². The van der Waals surface area contributed by atoms with Crippen LogP contribution < -0.4 is 0 Å². The molecule has 0 aromatic carbocycles. The molecule has 0 aromatic rings. The molecule has 0 amide bonds. The second-order valence-corrected chi connectivity index (χ2v) is 9.51. The Labute approximate surface area is 182 Å². The van der Waals surface area contributed by atoms with E-state index in [1.807, 2.05) is 0 Å². The predicted molar refractivity (Wildman–Crippen MR) is 116 cm³/mol. The molecule has 5 N–H and O–H groups in total. The number of ether oxygens (including phenoxy) is 2. The zero-order chi connectivity index (χ0) is 22.9. The van der Waals surface area contributed by atoms with Gasteiger partial charge < -0.3 is 35.0 Å². The second-order valence-electron chi connectivity index (χ2n) is 9.51. The lowest BCUT2D eigenvalue weighted by molar-refractivity contribution is -0.301. The minimum absolute atomic E-state index is 0.0719. The van der Waals surface area contributed by atoms with Gasteiger partial charge in [0.2, 0.25) is 0 Å². The first kappa shape index (κ1) is 27.8. The Hall–Kier alpha value is -0.280. The average molecular weight is 435 g/mol. The number of rotatable bonds is 14. The third-order valence-electron chi connectivity index (χ3n) is 7.26. The van der Waals surface area contributed by atoms with Crippen molar-refractivity contribution in [1.29, 1.82) is 0 Å². The highest BCUT2D eigenvalue weighted by Gasteiger charge is 2.44. The van der Waals surface area contributed by atoms with Crippen molar-refractivity contribution >= 4 is 0 Å². The molecule has 30 heavy (non-hydrogen) atoms. The van der Waals surface area contributed by atoms with Crippen LogP contribution in [0.3, 0.4) is 0 Å². The molecule has 1 aliphatic rings. The maximum atomic E-state index is 10.7. The number of hydrogen-bond donors (Lipinski definition) is 5. The summed E-state index contributed by atoms with van der Waals surface area (Å²) in [5, 5.41) is 49.7. The fourth-order valence-corrected chi connectivity index (χ4v) is 4.89. The minimum Gasteiger partial charge on any atom is -0.394 e. The van der Waals surface area contributed by atoms with E-state index in [9.17, 15) is 25.5 Å². The molecule has 7 nitrogen and oxygen atoms in total. The van der Waals surface area contributed by atoms with Crippen molar-refractivity contribution in [3.8, 4) is 0 Å². The molecule has 7 unspecified atom stereocenters. The lowest BCUT2D eigenvalue weighted by Gasteiger charge is -2.42. The number of aliphatic hydroxyl groups is 5. The van der Waals surface area contributed by atoms with Crippen LogP contribution in [0.15, 0.2) is 0 Å². The molecule has 0 saturated carbocycles. The van der Waals surface area contributed by atoms with Gasteiger partial charge in [-0.2, -0.15) is 0 Å². The van der Waals surface area contributed by atoms with Crippen LogP contribution in [-0.4, -0.2) is 75.6 Å². The molecule has 1 fully saturated rings. The van der Waals surface area contributed by atoms with E-state index in [0.717, 1.165) is 32.1 Å². The summed E-state index contributed by atoms with van der Waals surface area (Å²) in [4.78, 5) is 0. The highest BCUT2D eigenvalue weighted by molar-refractivity contribution is 4.89. The summed E-state index contributed by atoms with van der Waals surface area (Å²) in [6.07, 6.45) is 0.684. The molecular formula is C23H46O7. The van der Waals surface area contributed by atoms with Gasteiger partial charge in [-0.25, -0.2) is 0 Å². The van der Waals surface area contributed by atoms with Crippen molar-refractivity contribution < 1.29 is 35.0 Å². The minimum atomic E-state index is -1.45. The molecule has 1 aliphatic heterocycles. The third-order valence-corrected chi connectivity index (χ3v) is 7.26. The highest BCUT2D eigenvalue weighted by Crippen LogP contribution is 2.46. The van der Waals surface area contributed by atoms with Crippen LogP contribution in [0.4, 0.5) is 0 Å². The van der Waals surface area contributed by atoms with E-state index in [1.54, 1.807) is 0 Å². The Balaban J connectivity index is 2.63. The first-order chi connectivity index (χ1) is 14.1. The molecule has 1 rings (SSSR count). The summed E-state index contributed by atoms with van der Waals surface area (Å²) in [7, 11) is 0. The van der Waals surface area contributed by atoms with Crippen LogP contribution in [0.1, 0.15) is 86.0 Å². The lowest BCUT2D eigenvalue weighted by atomic mass is 9.64. The van der Waals surface area contributed by atoms with Crippen molar-refractivity contribution in [1.82, 2.24) is 0 Å². The smallest absolute Gasteiger partial charge is 0.186 e. The molecule has 180 valence electrons. The zero-order valence-electron chi connectivity index (χ0n) is 19.6. The van der Waals surface area contributed by atoms with Crippen LogP contribution in [0.5, 0.6) is 0 Å². The van der Waals surface area contributed by atoms with Crippen LogP contribution in [0, 0.1) is 10.8 Å². The van der Waals surface area contributed by atoms with Crippen molar-refractivity contribution in [3.63, 3.8) is 0 Å². The lowest BCUT2D eigenvalue weighted by Crippen LogP contribution is -2.59. The Kier molecular flexibility index (Phi) is 11.7. The summed E-state index contributed by atoms with van der Waals surface area (Å²) in [6.45, 7) is 10.9. The van der Waals surface area contributed by atoms with E-state index in [0.29, 0.717) is 12.8 Å². The Morgan fingerprint density at radius 3 is 2.10 bits per heavy atom. The van der Waals surface area contributed by atoms with Gasteiger partial charge in [0.1, 0.15) is 24.4 Å². The molecule has 1 saturated heterocycles. The van der Waals surface area contributed by atoms with Crippen LogP contribution in [-0.2, 0) is 9.47 Å². The van der Waals surface area contributed by atoms with Gasteiger partial charge in [0.25, 0.3) is 0 Å². The molecule has 0 spiro atoms. The van der Waals surface area contributed by atoms with E-state index in [1.165, 1.54) is 6.42 Å². The van der Waals surface area contributed by atoms with Gasteiger partial charge in [0, 0.05) is 0 Å². The standard InChI is InChI=1S/C23H46O7/c1-6-11-22(5,7-2)15-23(8-3,9-4)13-16(25)10-12-29-21-20(28)19(27)18(26)17(14-24)30-21/h16-21,24-28H,6-15H2,1-5H3. The summed E-state index contributed by atoms with van der Waals surface area (Å²) in [6, 6.07) is 0. The monoisotopic (exact) mass is 434 g/mol. The maximum absolute atomic E-state index is 10.7. The largest absolute Gasteiger partial charge is 0.394 e. The number of aliphatic hydroxyl groups excluding tert-OH is 5. The average Bonchev–Trinajstić information content (AvgIpc) is 2.73. The highest BCUT2D eigenvalue weighted by atomic mass is 16.7. The van der Waals surface area contributed by atoms with Crippen LogP contribution >= 0.6 is 0 Å². The fraction of sp³-hybridized carbons (Fsp3) is 1.00. The summed E-state index contributed by atoms with van der Waals surface area (Å²) >= 11 is 0.